The van der Waals surface area contributed by atoms with Crippen molar-refractivity contribution < 1.29 is 10.0 Å². The van der Waals surface area contributed by atoms with Crippen molar-refractivity contribution in [2.75, 3.05) is 6.54 Å². The fourth-order valence-electron chi connectivity index (χ4n) is 2.89. The predicted molar refractivity (Wildman–Crippen MR) is 73.9 cm³/mol. The summed E-state index contributed by atoms with van der Waals surface area (Å²) in [5.74, 6) is 1.45. The van der Waals surface area contributed by atoms with Crippen molar-refractivity contribution in [3.05, 3.63) is 0 Å². The van der Waals surface area contributed by atoms with Crippen molar-refractivity contribution in [2.24, 2.45) is 22.7 Å². The molecule has 0 heterocycles. The predicted octanol–water partition coefficient (Wildman–Crippen LogP) is 1.94. The van der Waals surface area contributed by atoms with Gasteiger partial charge in [-0.05, 0) is 44.4 Å². The van der Waals surface area contributed by atoms with E-state index in [0.717, 1.165) is 44.4 Å². The summed E-state index contributed by atoms with van der Waals surface area (Å²) in [7, 11) is 0. The van der Waals surface area contributed by atoms with Gasteiger partial charge in [0.05, 0.1) is 0 Å². The maximum atomic E-state index is 12.6. The standard InChI is InChI=1S/C14H25N3O2/c1-10-2-4-11(5-3-10)14(18)17(12-6-7-12)9-8-13(15)16-19/h10-12,19H,2-9H2,1H3,(H2,15,16). The number of carbonyl (C=O) groups excluding carboxylic acids is 1. The number of rotatable bonds is 5. The molecule has 5 nitrogen and oxygen atoms in total. The van der Waals surface area contributed by atoms with Crippen LogP contribution < -0.4 is 5.73 Å². The van der Waals surface area contributed by atoms with E-state index in [4.69, 9.17) is 10.9 Å². The van der Waals surface area contributed by atoms with Gasteiger partial charge in [-0.2, -0.15) is 0 Å². The first-order chi connectivity index (χ1) is 9.11. The van der Waals surface area contributed by atoms with E-state index < -0.39 is 0 Å². The van der Waals surface area contributed by atoms with Crippen LogP contribution in [-0.4, -0.2) is 34.4 Å². The van der Waals surface area contributed by atoms with Crippen LogP contribution in [-0.2, 0) is 4.79 Å². The quantitative estimate of drug-likeness (QED) is 0.346. The van der Waals surface area contributed by atoms with Gasteiger partial charge in [0.1, 0.15) is 5.84 Å². The molecule has 5 heteroatoms. The zero-order chi connectivity index (χ0) is 13.8. The van der Waals surface area contributed by atoms with Gasteiger partial charge >= 0.3 is 0 Å². The molecule has 19 heavy (non-hydrogen) atoms. The van der Waals surface area contributed by atoms with E-state index in [9.17, 15) is 4.79 Å². The van der Waals surface area contributed by atoms with Crippen molar-refractivity contribution in [1.29, 1.82) is 0 Å². The third kappa shape index (κ3) is 3.85. The molecule has 0 atom stereocenters. The molecule has 0 unspecified atom stereocenters. The fraction of sp³-hybridized carbons (Fsp3) is 0.857. The van der Waals surface area contributed by atoms with Gasteiger partial charge in [-0.25, -0.2) is 0 Å². The molecule has 2 aliphatic carbocycles. The Morgan fingerprint density at radius 3 is 2.42 bits per heavy atom. The Labute approximate surface area is 114 Å². The summed E-state index contributed by atoms with van der Waals surface area (Å²) < 4.78 is 0. The Hall–Kier alpha value is -1.26. The second-order valence-corrected chi connectivity index (χ2v) is 6.06. The van der Waals surface area contributed by atoms with Crippen LogP contribution in [0.15, 0.2) is 5.16 Å². The molecule has 0 aromatic heterocycles. The minimum atomic E-state index is 0.198. The molecule has 2 aliphatic rings. The SMILES string of the molecule is CC1CCC(C(=O)N(CCC(N)=NO)C2CC2)CC1. The number of amidine groups is 1. The molecular weight excluding hydrogens is 242 g/mol. The minimum Gasteiger partial charge on any atom is -0.409 e. The number of hydrogen-bond donors (Lipinski definition) is 2. The number of hydrogen-bond acceptors (Lipinski definition) is 3. The Morgan fingerprint density at radius 1 is 1.26 bits per heavy atom. The molecule has 1 amide bonds. The molecular formula is C14H25N3O2. The van der Waals surface area contributed by atoms with Crippen LogP contribution in [0.4, 0.5) is 0 Å². The topological polar surface area (TPSA) is 78.9 Å². The first-order valence-electron chi connectivity index (χ1n) is 7.38. The second-order valence-electron chi connectivity index (χ2n) is 6.06. The average molecular weight is 267 g/mol. The van der Waals surface area contributed by atoms with Gasteiger partial charge in [0.15, 0.2) is 0 Å². The Morgan fingerprint density at radius 2 is 1.89 bits per heavy atom. The first-order valence-corrected chi connectivity index (χ1v) is 7.38. The maximum absolute atomic E-state index is 12.6. The van der Waals surface area contributed by atoms with Crippen molar-refractivity contribution >= 4 is 11.7 Å². The molecule has 3 N–H and O–H groups in total. The molecule has 0 saturated heterocycles. The van der Waals surface area contributed by atoms with Crippen LogP contribution in [0.25, 0.3) is 0 Å². The van der Waals surface area contributed by atoms with Crippen LogP contribution in [0.1, 0.15) is 51.9 Å². The van der Waals surface area contributed by atoms with E-state index in [1.165, 1.54) is 0 Å². The van der Waals surface area contributed by atoms with Crippen LogP contribution in [0.5, 0.6) is 0 Å². The van der Waals surface area contributed by atoms with E-state index >= 15 is 0 Å². The molecule has 2 fully saturated rings. The average Bonchev–Trinajstić information content (AvgIpc) is 3.24. The van der Waals surface area contributed by atoms with E-state index in [2.05, 4.69) is 12.1 Å². The lowest BCUT2D eigenvalue weighted by molar-refractivity contribution is -0.137. The first kappa shape index (κ1) is 14.2. The molecule has 2 saturated carbocycles. The van der Waals surface area contributed by atoms with Crippen molar-refractivity contribution in [3.8, 4) is 0 Å². The molecule has 0 aromatic carbocycles. The maximum Gasteiger partial charge on any atom is 0.225 e. The monoisotopic (exact) mass is 267 g/mol. The lowest BCUT2D eigenvalue weighted by Crippen LogP contribution is -2.40. The summed E-state index contributed by atoms with van der Waals surface area (Å²) in [5.41, 5.74) is 5.50. The normalized spacial score (nSPS) is 28.2. The van der Waals surface area contributed by atoms with Gasteiger partial charge in [0.2, 0.25) is 5.91 Å². The summed E-state index contributed by atoms with van der Waals surface area (Å²) >= 11 is 0. The Balaban J connectivity index is 1.89. The van der Waals surface area contributed by atoms with Crippen molar-refractivity contribution in [2.45, 2.75) is 57.9 Å². The molecule has 0 aliphatic heterocycles. The van der Waals surface area contributed by atoms with Crippen molar-refractivity contribution in [3.63, 3.8) is 0 Å². The van der Waals surface area contributed by atoms with Gasteiger partial charge in [-0.15, -0.1) is 0 Å². The summed E-state index contributed by atoms with van der Waals surface area (Å²) in [6.45, 7) is 2.85. The Bertz CT molecular complexity index is 345. The van der Waals surface area contributed by atoms with Gasteiger partial charge in [-0.3, -0.25) is 4.79 Å². The minimum absolute atomic E-state index is 0.198. The summed E-state index contributed by atoms with van der Waals surface area (Å²) in [4.78, 5) is 14.5. The van der Waals surface area contributed by atoms with Crippen molar-refractivity contribution in [1.82, 2.24) is 4.90 Å². The van der Waals surface area contributed by atoms with Gasteiger partial charge < -0.3 is 15.8 Å². The van der Waals surface area contributed by atoms with E-state index in [1.54, 1.807) is 0 Å². The molecule has 2 rings (SSSR count). The molecule has 0 radical (unpaired) electrons. The number of nitrogens with zero attached hydrogens (tertiary/aromatic N) is 2. The lowest BCUT2D eigenvalue weighted by atomic mass is 9.82. The highest BCUT2D eigenvalue weighted by Gasteiger charge is 2.36. The van der Waals surface area contributed by atoms with Crippen LogP contribution >= 0.6 is 0 Å². The highest BCUT2D eigenvalue weighted by molar-refractivity contribution is 5.82. The summed E-state index contributed by atoms with van der Waals surface area (Å²) in [5, 5.41) is 11.6. The van der Waals surface area contributed by atoms with Crippen LogP contribution in [0.2, 0.25) is 0 Å². The summed E-state index contributed by atoms with van der Waals surface area (Å²) in [6, 6.07) is 0.401. The molecule has 0 bridgehead atoms. The third-order valence-corrected chi connectivity index (χ3v) is 4.37. The van der Waals surface area contributed by atoms with Gasteiger partial charge in [0, 0.05) is 24.9 Å². The Kier molecular flexibility index (Phi) is 4.66. The number of oxime groups is 1. The van der Waals surface area contributed by atoms with Crippen LogP contribution in [0, 0.1) is 11.8 Å². The van der Waals surface area contributed by atoms with Gasteiger partial charge in [-0.1, -0.05) is 12.1 Å². The smallest absolute Gasteiger partial charge is 0.225 e. The zero-order valence-corrected chi connectivity index (χ0v) is 11.7. The fourth-order valence-corrected chi connectivity index (χ4v) is 2.89. The lowest BCUT2D eigenvalue weighted by Gasteiger charge is -2.31. The molecule has 108 valence electrons. The van der Waals surface area contributed by atoms with Crippen LogP contribution in [0.3, 0.4) is 0 Å². The number of nitrogens with two attached hydrogens (primary N) is 1. The zero-order valence-electron chi connectivity index (χ0n) is 11.7. The number of carbonyl (C=O) groups is 1. The molecule has 0 aromatic rings. The highest BCUT2D eigenvalue weighted by Crippen LogP contribution is 2.33. The summed E-state index contributed by atoms with van der Waals surface area (Å²) in [6.07, 6.45) is 7.03. The largest absolute Gasteiger partial charge is 0.409 e. The highest BCUT2D eigenvalue weighted by atomic mass is 16.4. The van der Waals surface area contributed by atoms with E-state index in [1.807, 2.05) is 4.90 Å². The molecule has 0 spiro atoms. The van der Waals surface area contributed by atoms with E-state index in [-0.39, 0.29) is 11.8 Å². The van der Waals surface area contributed by atoms with E-state index in [0.29, 0.717) is 24.9 Å². The second kappa shape index (κ2) is 6.26. The van der Waals surface area contributed by atoms with Gasteiger partial charge in [0.25, 0.3) is 0 Å². The number of amides is 1. The third-order valence-electron chi connectivity index (χ3n) is 4.37.